The molecule has 0 saturated heterocycles. The van der Waals surface area contributed by atoms with E-state index in [2.05, 4.69) is 10.4 Å². The minimum Gasteiger partial charge on any atom is -0.364 e. The molecule has 0 heterocycles. The molecule has 3 N–H and O–H groups in total. The Morgan fingerprint density at radius 2 is 2.50 bits per heavy atom. The predicted molar refractivity (Wildman–Crippen MR) is 47.0 cm³/mol. The summed E-state index contributed by atoms with van der Waals surface area (Å²) in [6, 6.07) is 0. The fraction of sp³-hybridized carbons (Fsp3) is 0.600. The van der Waals surface area contributed by atoms with Crippen molar-refractivity contribution in [2.45, 2.75) is 0 Å². The molecule has 0 aliphatic rings. The first-order chi connectivity index (χ1) is 4.72. The van der Waals surface area contributed by atoms with E-state index in [0.717, 1.165) is 0 Å². The van der Waals surface area contributed by atoms with Gasteiger partial charge < -0.3 is 11.1 Å². The van der Waals surface area contributed by atoms with Crippen LogP contribution in [0.2, 0.25) is 0 Å². The largest absolute Gasteiger partial charge is 0.364 e. The Kier molecular flexibility index (Phi) is 4.78. The van der Waals surface area contributed by atoms with E-state index >= 15 is 0 Å². The molecule has 0 aromatic heterocycles. The fourth-order valence-corrected chi connectivity index (χ4v) is 0.431. The molecule has 0 atom stereocenters. The van der Waals surface area contributed by atoms with Gasteiger partial charge in [0, 0.05) is 26.9 Å². The molecule has 0 aromatic rings. The molecule has 0 aliphatic carbocycles. The summed E-state index contributed by atoms with van der Waals surface area (Å²) in [5.74, 6) is 0. The highest BCUT2D eigenvalue weighted by Gasteiger charge is 1.94. The van der Waals surface area contributed by atoms with Gasteiger partial charge in [0.05, 0.1) is 0 Å². The van der Waals surface area contributed by atoms with Crippen LogP contribution in [0.25, 0.3) is 0 Å². The lowest BCUT2D eigenvalue weighted by Gasteiger charge is -2.11. The maximum Gasteiger partial charge on any atom is 0.189 e. The van der Waals surface area contributed by atoms with Crippen LogP contribution in [-0.2, 0) is 0 Å². The third-order valence-electron chi connectivity index (χ3n) is 0.868. The predicted octanol–water partition coefficient (Wildman–Crippen LogP) is -0.633. The summed E-state index contributed by atoms with van der Waals surface area (Å²) in [6.45, 7) is 0.427. The van der Waals surface area contributed by atoms with Gasteiger partial charge in [0.15, 0.2) is 5.11 Å². The van der Waals surface area contributed by atoms with Gasteiger partial charge in [0.1, 0.15) is 0 Å². The Morgan fingerprint density at radius 1 is 1.90 bits per heavy atom. The number of hydrazone groups is 1. The summed E-state index contributed by atoms with van der Waals surface area (Å²) in [4.78, 5) is 0. The second kappa shape index (κ2) is 5.13. The van der Waals surface area contributed by atoms with Gasteiger partial charge in [-0.05, 0) is 12.2 Å². The highest BCUT2D eigenvalue weighted by atomic mass is 32.1. The Bertz CT molecular complexity index is 134. The van der Waals surface area contributed by atoms with Crippen LogP contribution in [0.5, 0.6) is 0 Å². The van der Waals surface area contributed by atoms with Gasteiger partial charge >= 0.3 is 0 Å². The smallest absolute Gasteiger partial charge is 0.189 e. The quantitative estimate of drug-likeness (QED) is 0.321. The molecule has 0 aromatic carbocycles. The van der Waals surface area contributed by atoms with Crippen LogP contribution in [0.3, 0.4) is 0 Å². The zero-order chi connectivity index (χ0) is 7.98. The number of hydrogen-bond donors (Lipinski definition) is 2. The molecule has 0 aliphatic heterocycles. The Labute approximate surface area is 66.1 Å². The molecule has 10 heavy (non-hydrogen) atoms. The van der Waals surface area contributed by atoms with Crippen molar-refractivity contribution in [3.05, 3.63) is 0 Å². The minimum absolute atomic E-state index is 0.427. The van der Waals surface area contributed by atoms with E-state index in [-0.39, 0.29) is 0 Å². The molecule has 0 fully saturated rings. The molecule has 4 nitrogen and oxygen atoms in total. The Hall–Kier alpha value is -0.680. The summed E-state index contributed by atoms with van der Waals surface area (Å²) < 4.78 is 0. The average Bonchev–Trinajstić information content (AvgIpc) is 1.98. The van der Waals surface area contributed by atoms with Crippen LogP contribution in [0, 0.1) is 0 Å². The average molecular weight is 160 g/mol. The van der Waals surface area contributed by atoms with E-state index in [0.29, 0.717) is 11.7 Å². The second-order valence-corrected chi connectivity index (χ2v) is 2.00. The molecular weight excluding hydrogens is 148 g/mol. The molecule has 0 rings (SSSR count). The molecular formula is C5H12N4S. The van der Waals surface area contributed by atoms with E-state index in [4.69, 9.17) is 18.0 Å². The van der Waals surface area contributed by atoms with Gasteiger partial charge in [0.25, 0.3) is 0 Å². The van der Waals surface area contributed by atoms with Crippen molar-refractivity contribution in [3.63, 3.8) is 0 Å². The van der Waals surface area contributed by atoms with Crippen LogP contribution in [0.1, 0.15) is 0 Å². The van der Waals surface area contributed by atoms with Gasteiger partial charge in [-0.1, -0.05) is 0 Å². The number of rotatable bonds is 2. The van der Waals surface area contributed by atoms with Gasteiger partial charge in [-0.3, -0.25) is 0 Å². The van der Waals surface area contributed by atoms with Crippen LogP contribution < -0.4 is 11.1 Å². The first-order valence-electron chi connectivity index (χ1n) is 2.90. The highest BCUT2D eigenvalue weighted by Crippen LogP contribution is 1.82. The third kappa shape index (κ3) is 3.37. The molecule has 0 spiro atoms. The van der Waals surface area contributed by atoms with Gasteiger partial charge in [-0.25, -0.2) is 5.01 Å². The first kappa shape index (κ1) is 9.32. The number of nitrogens with one attached hydrogen (secondary N) is 1. The molecule has 0 amide bonds. The maximum absolute atomic E-state index is 5.18. The van der Waals surface area contributed by atoms with Crippen LogP contribution in [0.15, 0.2) is 5.10 Å². The standard InChI is InChI=1S/C5H12N4S/c1-7-5(10)9(2)8-4-3-6/h4H,3,6H2,1-2H3,(H,7,10)/b8-4+. The molecule has 5 heteroatoms. The van der Waals surface area contributed by atoms with Crippen molar-refractivity contribution in [2.24, 2.45) is 10.8 Å². The normalized spacial score (nSPS) is 9.90. The number of thiocarbonyl (C=S) groups is 1. The van der Waals surface area contributed by atoms with Crippen molar-refractivity contribution < 1.29 is 0 Å². The van der Waals surface area contributed by atoms with E-state index in [1.807, 2.05) is 0 Å². The number of nitrogens with two attached hydrogens (primary N) is 1. The lowest BCUT2D eigenvalue weighted by molar-refractivity contribution is 0.539. The van der Waals surface area contributed by atoms with Gasteiger partial charge in [-0.15, -0.1) is 0 Å². The molecule has 58 valence electrons. The summed E-state index contributed by atoms with van der Waals surface area (Å²) in [5.41, 5.74) is 5.18. The Morgan fingerprint density at radius 3 is 2.90 bits per heavy atom. The number of nitrogens with zero attached hydrogens (tertiary/aromatic N) is 2. The third-order valence-corrected chi connectivity index (χ3v) is 1.34. The molecule has 0 bridgehead atoms. The zero-order valence-electron chi connectivity index (χ0n) is 6.16. The molecule has 0 unspecified atom stereocenters. The van der Waals surface area contributed by atoms with E-state index < -0.39 is 0 Å². The van der Waals surface area contributed by atoms with Crippen molar-refractivity contribution in [2.75, 3.05) is 20.6 Å². The lowest BCUT2D eigenvalue weighted by atomic mass is 10.8. The van der Waals surface area contributed by atoms with Gasteiger partial charge in [0.2, 0.25) is 0 Å². The van der Waals surface area contributed by atoms with Crippen molar-refractivity contribution in [1.29, 1.82) is 0 Å². The van der Waals surface area contributed by atoms with Gasteiger partial charge in [-0.2, -0.15) is 5.10 Å². The molecule has 0 radical (unpaired) electrons. The summed E-state index contributed by atoms with van der Waals surface area (Å²) in [6.07, 6.45) is 1.59. The minimum atomic E-state index is 0.427. The van der Waals surface area contributed by atoms with E-state index in [1.165, 1.54) is 0 Å². The summed E-state index contributed by atoms with van der Waals surface area (Å²) in [7, 11) is 3.50. The second-order valence-electron chi connectivity index (χ2n) is 1.61. The monoisotopic (exact) mass is 160 g/mol. The topological polar surface area (TPSA) is 53.6 Å². The van der Waals surface area contributed by atoms with E-state index in [1.54, 1.807) is 25.3 Å². The lowest BCUT2D eigenvalue weighted by Crippen LogP contribution is -2.31. The van der Waals surface area contributed by atoms with Crippen LogP contribution in [-0.4, -0.2) is 37.0 Å². The van der Waals surface area contributed by atoms with Crippen molar-refractivity contribution in [1.82, 2.24) is 10.3 Å². The Balaban J connectivity index is 3.72. The van der Waals surface area contributed by atoms with Crippen molar-refractivity contribution >= 4 is 23.5 Å². The highest BCUT2D eigenvalue weighted by molar-refractivity contribution is 7.80. The molecule has 0 saturated carbocycles. The van der Waals surface area contributed by atoms with Crippen LogP contribution >= 0.6 is 12.2 Å². The number of hydrogen-bond acceptors (Lipinski definition) is 3. The zero-order valence-corrected chi connectivity index (χ0v) is 6.98. The van der Waals surface area contributed by atoms with E-state index in [9.17, 15) is 0 Å². The summed E-state index contributed by atoms with van der Waals surface area (Å²) in [5, 5.41) is 8.79. The summed E-state index contributed by atoms with van der Waals surface area (Å²) >= 11 is 4.85. The first-order valence-corrected chi connectivity index (χ1v) is 3.31. The SMILES string of the molecule is CNC(=S)N(C)/N=C/CN. The maximum atomic E-state index is 5.18. The fourth-order valence-electron chi connectivity index (χ4n) is 0.384. The van der Waals surface area contributed by atoms with Crippen molar-refractivity contribution in [3.8, 4) is 0 Å². The van der Waals surface area contributed by atoms with Crippen LogP contribution in [0.4, 0.5) is 0 Å².